The van der Waals surface area contributed by atoms with Crippen molar-refractivity contribution < 1.29 is 4.74 Å². The van der Waals surface area contributed by atoms with Crippen molar-refractivity contribution in [2.45, 2.75) is 13.5 Å². The van der Waals surface area contributed by atoms with Crippen LogP contribution in [-0.4, -0.2) is 35.4 Å². The molecule has 6 heteroatoms. The fourth-order valence-corrected chi connectivity index (χ4v) is 1.42. The molecule has 0 aliphatic heterocycles. The maximum absolute atomic E-state index is 11.6. The van der Waals surface area contributed by atoms with E-state index in [9.17, 15) is 9.59 Å². The van der Waals surface area contributed by atoms with Crippen molar-refractivity contribution in [2.75, 3.05) is 26.3 Å². The molecule has 0 amide bonds. The van der Waals surface area contributed by atoms with Gasteiger partial charge in [-0.1, -0.05) is 0 Å². The van der Waals surface area contributed by atoms with Crippen LogP contribution in [0, 0.1) is 0 Å². The molecule has 0 fully saturated rings. The van der Waals surface area contributed by atoms with Gasteiger partial charge in [0.2, 0.25) is 0 Å². The number of ether oxygens (including phenoxy) is 1. The van der Waals surface area contributed by atoms with E-state index in [4.69, 9.17) is 4.74 Å². The second kappa shape index (κ2) is 7.03. The number of rotatable bonds is 7. The molecule has 0 unspecified atom stereocenters. The normalized spacial score (nSPS) is 10.7. The number of hydrogen-bond donors (Lipinski definition) is 1. The van der Waals surface area contributed by atoms with Gasteiger partial charge in [0, 0.05) is 45.6 Å². The summed E-state index contributed by atoms with van der Waals surface area (Å²) in [7, 11) is 1.63. The largest absolute Gasteiger partial charge is 0.380 e. The third-order valence-corrected chi connectivity index (χ3v) is 2.38. The first-order valence-electron chi connectivity index (χ1n) is 5.71. The molecule has 0 saturated heterocycles. The van der Waals surface area contributed by atoms with Crippen molar-refractivity contribution in [3.63, 3.8) is 0 Å². The molecule has 0 atom stereocenters. The Kier molecular flexibility index (Phi) is 5.65. The van der Waals surface area contributed by atoms with E-state index < -0.39 is 0 Å². The molecule has 1 heterocycles. The van der Waals surface area contributed by atoms with Gasteiger partial charge in [0.1, 0.15) is 0 Å². The molecule has 6 nitrogen and oxygen atoms in total. The van der Waals surface area contributed by atoms with Crippen LogP contribution >= 0.6 is 0 Å². The van der Waals surface area contributed by atoms with Crippen molar-refractivity contribution in [1.82, 2.24) is 14.5 Å². The Labute approximate surface area is 99.8 Å². The number of aromatic nitrogens is 2. The van der Waals surface area contributed by atoms with Gasteiger partial charge in [0.25, 0.3) is 5.56 Å². The van der Waals surface area contributed by atoms with Crippen LogP contribution in [0.3, 0.4) is 0 Å². The first kappa shape index (κ1) is 13.7. The quantitative estimate of drug-likeness (QED) is 0.633. The van der Waals surface area contributed by atoms with Crippen LogP contribution in [0.4, 0.5) is 0 Å². The molecule has 0 aliphatic carbocycles. The topological polar surface area (TPSA) is 65.3 Å². The first-order chi connectivity index (χ1) is 8.16. The van der Waals surface area contributed by atoms with E-state index in [0.717, 1.165) is 6.54 Å². The maximum atomic E-state index is 11.6. The average Bonchev–Trinajstić information content (AvgIpc) is 2.32. The van der Waals surface area contributed by atoms with Crippen molar-refractivity contribution in [3.05, 3.63) is 33.1 Å². The highest BCUT2D eigenvalue weighted by atomic mass is 16.5. The highest BCUT2D eigenvalue weighted by molar-refractivity contribution is 4.85. The van der Waals surface area contributed by atoms with Crippen LogP contribution in [-0.2, 0) is 18.3 Å². The summed E-state index contributed by atoms with van der Waals surface area (Å²) < 4.78 is 7.76. The second-order valence-corrected chi connectivity index (χ2v) is 3.65. The van der Waals surface area contributed by atoms with Gasteiger partial charge in [-0.25, -0.2) is 4.79 Å². The summed E-state index contributed by atoms with van der Waals surface area (Å²) in [5, 5.41) is 3.11. The summed E-state index contributed by atoms with van der Waals surface area (Å²) in [5.41, 5.74) is -0.552. The van der Waals surface area contributed by atoms with Gasteiger partial charge in [0.05, 0.1) is 6.61 Å². The molecule has 0 saturated carbocycles. The first-order valence-corrected chi connectivity index (χ1v) is 5.71. The van der Waals surface area contributed by atoms with E-state index in [1.165, 1.54) is 21.4 Å². The Morgan fingerprint density at radius 2 is 2.12 bits per heavy atom. The monoisotopic (exact) mass is 241 g/mol. The zero-order chi connectivity index (χ0) is 12.7. The molecule has 17 heavy (non-hydrogen) atoms. The molecule has 0 aliphatic rings. The van der Waals surface area contributed by atoms with E-state index in [0.29, 0.717) is 26.3 Å². The van der Waals surface area contributed by atoms with Crippen molar-refractivity contribution >= 4 is 0 Å². The Hall–Kier alpha value is -1.40. The number of nitrogens with one attached hydrogen (secondary N) is 1. The highest BCUT2D eigenvalue weighted by Crippen LogP contribution is 1.75. The fourth-order valence-electron chi connectivity index (χ4n) is 1.42. The molecular formula is C11H19N3O3. The molecule has 1 N–H and O–H groups in total. The molecule has 1 rings (SSSR count). The van der Waals surface area contributed by atoms with Crippen LogP contribution in [0.2, 0.25) is 0 Å². The molecule has 0 spiro atoms. The molecule has 1 aromatic rings. The third kappa shape index (κ3) is 4.16. The summed E-state index contributed by atoms with van der Waals surface area (Å²) in [6, 6.07) is 1.39. The number of nitrogens with zero attached hydrogens (tertiary/aromatic N) is 2. The van der Waals surface area contributed by atoms with E-state index >= 15 is 0 Å². The Morgan fingerprint density at radius 3 is 2.82 bits per heavy atom. The number of hydrogen-bond acceptors (Lipinski definition) is 4. The lowest BCUT2D eigenvalue weighted by Gasteiger charge is -2.07. The predicted octanol–water partition coefficient (Wildman–Crippen LogP) is -0.827. The molecule has 0 radical (unpaired) electrons. The van der Waals surface area contributed by atoms with E-state index in [1.54, 1.807) is 7.05 Å². The third-order valence-electron chi connectivity index (χ3n) is 2.38. The predicted molar refractivity (Wildman–Crippen MR) is 65.3 cm³/mol. The van der Waals surface area contributed by atoms with Crippen LogP contribution in [0.15, 0.2) is 21.9 Å². The highest BCUT2D eigenvalue weighted by Gasteiger charge is 2.01. The van der Waals surface area contributed by atoms with Crippen molar-refractivity contribution in [1.29, 1.82) is 0 Å². The van der Waals surface area contributed by atoms with Gasteiger partial charge < -0.3 is 14.6 Å². The minimum atomic E-state index is -0.288. The zero-order valence-electron chi connectivity index (χ0n) is 10.3. The zero-order valence-corrected chi connectivity index (χ0v) is 10.3. The molecule has 96 valence electrons. The summed E-state index contributed by atoms with van der Waals surface area (Å²) in [5.74, 6) is 0. The summed E-state index contributed by atoms with van der Waals surface area (Å²) >= 11 is 0. The van der Waals surface area contributed by atoms with Crippen LogP contribution < -0.4 is 16.6 Å². The minimum Gasteiger partial charge on any atom is -0.380 e. The Bertz CT molecular complexity index is 450. The summed E-state index contributed by atoms with van der Waals surface area (Å²) in [4.78, 5) is 23.1. The fraction of sp³-hybridized carbons (Fsp3) is 0.636. The van der Waals surface area contributed by atoms with Gasteiger partial charge in [-0.2, -0.15) is 0 Å². The molecule has 0 aromatic carbocycles. The molecule has 1 aromatic heterocycles. The van der Waals surface area contributed by atoms with Gasteiger partial charge in [-0.15, -0.1) is 0 Å². The van der Waals surface area contributed by atoms with Gasteiger partial charge in [-0.3, -0.25) is 9.36 Å². The molecule has 0 bridgehead atoms. The van der Waals surface area contributed by atoms with Crippen molar-refractivity contribution in [2.24, 2.45) is 7.05 Å². The summed E-state index contributed by atoms with van der Waals surface area (Å²) in [6.45, 7) is 4.94. The van der Waals surface area contributed by atoms with Gasteiger partial charge in [-0.05, 0) is 6.92 Å². The smallest absolute Gasteiger partial charge is 0.330 e. The van der Waals surface area contributed by atoms with Crippen molar-refractivity contribution in [3.8, 4) is 0 Å². The lowest BCUT2D eigenvalue weighted by Crippen LogP contribution is -2.40. The van der Waals surface area contributed by atoms with Crippen LogP contribution in [0.5, 0.6) is 0 Å². The second-order valence-electron chi connectivity index (χ2n) is 3.65. The number of aryl methyl sites for hydroxylation is 1. The summed E-state index contributed by atoms with van der Waals surface area (Å²) in [6.07, 6.45) is 1.48. The lowest BCUT2D eigenvalue weighted by atomic mass is 10.5. The van der Waals surface area contributed by atoms with E-state index in [1.807, 2.05) is 6.92 Å². The standard InChI is InChI=1S/C11H19N3O3/c1-3-17-9-6-12-5-8-14-10(15)4-7-13(2)11(14)16/h4,7,12H,3,5-6,8-9H2,1-2H3. The van der Waals surface area contributed by atoms with Gasteiger partial charge >= 0.3 is 5.69 Å². The van der Waals surface area contributed by atoms with Crippen LogP contribution in [0.1, 0.15) is 6.92 Å². The average molecular weight is 241 g/mol. The van der Waals surface area contributed by atoms with Crippen LogP contribution in [0.25, 0.3) is 0 Å². The SMILES string of the molecule is CCOCCNCCn1c(=O)ccn(C)c1=O. The van der Waals surface area contributed by atoms with Gasteiger partial charge in [0.15, 0.2) is 0 Å². The maximum Gasteiger partial charge on any atom is 0.330 e. The Balaban J connectivity index is 2.45. The molecular weight excluding hydrogens is 222 g/mol. The van der Waals surface area contributed by atoms with E-state index in [2.05, 4.69) is 5.32 Å². The van der Waals surface area contributed by atoms with E-state index in [-0.39, 0.29) is 11.2 Å². The lowest BCUT2D eigenvalue weighted by molar-refractivity contribution is 0.149. The Morgan fingerprint density at radius 1 is 1.35 bits per heavy atom. The minimum absolute atomic E-state index is 0.264.